The minimum atomic E-state index is -0.336. The summed E-state index contributed by atoms with van der Waals surface area (Å²) in [5.41, 5.74) is 2.93. The quantitative estimate of drug-likeness (QED) is 0.716. The summed E-state index contributed by atoms with van der Waals surface area (Å²) in [4.78, 5) is 32.8. The molecule has 1 aliphatic heterocycles. The normalized spacial score (nSPS) is 13.9. The van der Waals surface area contributed by atoms with Crippen molar-refractivity contribution in [2.45, 2.75) is 19.8 Å². The van der Waals surface area contributed by atoms with Crippen LogP contribution in [0.15, 0.2) is 58.4 Å². The lowest BCUT2D eigenvalue weighted by atomic mass is 10.1. The van der Waals surface area contributed by atoms with Crippen molar-refractivity contribution in [3.63, 3.8) is 0 Å². The molecule has 9 heteroatoms. The molecule has 0 fully saturated rings. The fourth-order valence-corrected chi connectivity index (χ4v) is 2.90. The number of aryl methyl sites for hydroxylation is 1. The van der Waals surface area contributed by atoms with Crippen LogP contribution in [0.4, 0.5) is 5.69 Å². The molecule has 4 rings (SSSR count). The molecular weight excluding hydrogens is 372 g/mol. The van der Waals surface area contributed by atoms with Crippen LogP contribution in [-0.2, 0) is 9.59 Å². The lowest BCUT2D eigenvalue weighted by Gasteiger charge is -2.21. The van der Waals surface area contributed by atoms with Gasteiger partial charge in [0, 0.05) is 36.5 Å². The largest absolute Gasteiger partial charge is 0.332 e. The van der Waals surface area contributed by atoms with Crippen molar-refractivity contribution < 1.29 is 14.1 Å². The molecule has 29 heavy (non-hydrogen) atoms. The summed E-state index contributed by atoms with van der Waals surface area (Å²) in [6.07, 6.45) is 3.85. The van der Waals surface area contributed by atoms with Gasteiger partial charge in [-0.15, -0.1) is 0 Å². The van der Waals surface area contributed by atoms with Crippen molar-refractivity contribution in [3.05, 3.63) is 60.2 Å². The summed E-state index contributed by atoms with van der Waals surface area (Å²) in [6.45, 7) is 1.74. The molecule has 0 spiro atoms. The van der Waals surface area contributed by atoms with E-state index in [9.17, 15) is 9.59 Å². The van der Waals surface area contributed by atoms with Crippen molar-refractivity contribution in [2.75, 3.05) is 11.9 Å². The first-order valence-corrected chi connectivity index (χ1v) is 9.07. The molecule has 0 bridgehead atoms. The van der Waals surface area contributed by atoms with Crippen molar-refractivity contribution in [1.82, 2.24) is 20.1 Å². The zero-order chi connectivity index (χ0) is 20.2. The second-order valence-electron chi connectivity index (χ2n) is 6.57. The topological polar surface area (TPSA) is 114 Å². The van der Waals surface area contributed by atoms with Crippen molar-refractivity contribution in [3.8, 4) is 11.4 Å². The summed E-state index contributed by atoms with van der Waals surface area (Å²) in [7, 11) is 0. The lowest BCUT2D eigenvalue weighted by molar-refractivity contribution is -0.135. The van der Waals surface area contributed by atoms with E-state index < -0.39 is 0 Å². The summed E-state index contributed by atoms with van der Waals surface area (Å²) in [5, 5.41) is 12.1. The second-order valence-corrected chi connectivity index (χ2v) is 6.57. The summed E-state index contributed by atoms with van der Waals surface area (Å²) < 4.78 is 5.31. The van der Waals surface area contributed by atoms with Crippen molar-refractivity contribution in [2.24, 2.45) is 5.10 Å². The standard InChI is InChI=1S/C20H18N6O3/c1-13-3-2-4-15(11-13)22-17(27)12-26-18(28)6-5-16(24-26)20-23-19(25-29-20)14-7-9-21-10-8-14/h2-4,7-11H,5-6,12H2,1H3,(H,22,27). The third-order valence-electron chi connectivity index (χ3n) is 4.31. The number of carbonyl (C=O) groups excluding carboxylic acids is 2. The molecule has 2 amide bonds. The van der Waals surface area contributed by atoms with E-state index in [-0.39, 0.29) is 30.7 Å². The van der Waals surface area contributed by atoms with Gasteiger partial charge in [-0.25, -0.2) is 5.01 Å². The van der Waals surface area contributed by atoms with E-state index in [0.717, 1.165) is 16.1 Å². The average molecular weight is 390 g/mol. The van der Waals surface area contributed by atoms with Crippen LogP contribution in [0, 0.1) is 6.92 Å². The monoisotopic (exact) mass is 390 g/mol. The maximum Gasteiger partial charge on any atom is 0.274 e. The van der Waals surface area contributed by atoms with Crippen LogP contribution >= 0.6 is 0 Å². The van der Waals surface area contributed by atoms with E-state index in [4.69, 9.17) is 4.52 Å². The number of hydrazone groups is 1. The molecule has 146 valence electrons. The number of benzene rings is 1. The summed E-state index contributed by atoms with van der Waals surface area (Å²) >= 11 is 0. The van der Waals surface area contributed by atoms with Gasteiger partial charge in [-0.3, -0.25) is 14.6 Å². The zero-order valence-corrected chi connectivity index (χ0v) is 15.7. The first-order chi connectivity index (χ1) is 14.1. The fourth-order valence-electron chi connectivity index (χ4n) is 2.90. The molecule has 0 saturated carbocycles. The number of rotatable bonds is 5. The van der Waals surface area contributed by atoms with E-state index in [1.54, 1.807) is 30.6 Å². The van der Waals surface area contributed by atoms with Crippen LogP contribution in [0.1, 0.15) is 24.3 Å². The van der Waals surface area contributed by atoms with E-state index in [1.807, 2.05) is 25.1 Å². The number of nitrogens with zero attached hydrogens (tertiary/aromatic N) is 5. The molecular formula is C20H18N6O3. The Morgan fingerprint density at radius 3 is 2.83 bits per heavy atom. The van der Waals surface area contributed by atoms with Gasteiger partial charge in [0.05, 0.1) is 0 Å². The summed E-state index contributed by atoms with van der Waals surface area (Å²) in [5.74, 6) is 0.0677. The number of carbonyl (C=O) groups is 2. The number of pyridine rings is 1. The Morgan fingerprint density at radius 2 is 2.03 bits per heavy atom. The van der Waals surface area contributed by atoms with Gasteiger partial charge in [0.2, 0.25) is 17.6 Å². The van der Waals surface area contributed by atoms with Crippen LogP contribution in [0.2, 0.25) is 0 Å². The van der Waals surface area contributed by atoms with E-state index in [0.29, 0.717) is 23.6 Å². The average Bonchev–Trinajstić information content (AvgIpc) is 3.20. The number of amides is 2. The molecule has 1 N–H and O–H groups in total. The van der Waals surface area contributed by atoms with E-state index >= 15 is 0 Å². The Kier molecular flexibility index (Phi) is 5.10. The molecule has 0 aliphatic carbocycles. The van der Waals surface area contributed by atoms with Gasteiger partial charge >= 0.3 is 0 Å². The highest BCUT2D eigenvalue weighted by atomic mass is 16.5. The third kappa shape index (κ3) is 4.34. The Hall–Kier alpha value is -3.88. The smallest absolute Gasteiger partial charge is 0.274 e. The van der Waals surface area contributed by atoms with Crippen LogP contribution in [0.3, 0.4) is 0 Å². The molecule has 1 aromatic carbocycles. The van der Waals surface area contributed by atoms with Crippen molar-refractivity contribution in [1.29, 1.82) is 0 Å². The van der Waals surface area contributed by atoms with Gasteiger partial charge in [0.15, 0.2) is 0 Å². The van der Waals surface area contributed by atoms with Crippen molar-refractivity contribution >= 4 is 23.2 Å². The molecule has 3 aromatic rings. The number of anilines is 1. The fraction of sp³-hybridized carbons (Fsp3) is 0.200. The number of nitrogens with one attached hydrogen (secondary N) is 1. The van der Waals surface area contributed by atoms with Gasteiger partial charge in [-0.2, -0.15) is 10.1 Å². The minimum absolute atomic E-state index is 0.193. The van der Waals surface area contributed by atoms with E-state index in [2.05, 4.69) is 25.5 Å². The van der Waals surface area contributed by atoms with Gasteiger partial charge < -0.3 is 9.84 Å². The van der Waals surface area contributed by atoms with Gasteiger partial charge in [0.1, 0.15) is 12.3 Å². The minimum Gasteiger partial charge on any atom is -0.332 e. The molecule has 3 heterocycles. The highest BCUT2D eigenvalue weighted by Crippen LogP contribution is 2.18. The van der Waals surface area contributed by atoms with Crippen LogP contribution in [0.5, 0.6) is 0 Å². The molecule has 0 atom stereocenters. The molecule has 0 unspecified atom stereocenters. The van der Waals surface area contributed by atoms with Crippen LogP contribution in [0.25, 0.3) is 11.4 Å². The van der Waals surface area contributed by atoms with Gasteiger partial charge in [-0.1, -0.05) is 17.3 Å². The number of aromatic nitrogens is 3. The van der Waals surface area contributed by atoms with Crippen LogP contribution in [-0.4, -0.2) is 44.2 Å². The highest BCUT2D eigenvalue weighted by molar-refractivity contribution is 6.02. The molecule has 0 saturated heterocycles. The molecule has 2 aromatic heterocycles. The number of hydrogen-bond donors (Lipinski definition) is 1. The zero-order valence-electron chi connectivity index (χ0n) is 15.7. The van der Waals surface area contributed by atoms with Crippen LogP contribution < -0.4 is 5.32 Å². The second kappa shape index (κ2) is 8.01. The Labute approximate surface area is 166 Å². The van der Waals surface area contributed by atoms with E-state index in [1.165, 1.54) is 0 Å². The summed E-state index contributed by atoms with van der Waals surface area (Å²) in [6, 6.07) is 11.0. The Morgan fingerprint density at radius 1 is 1.21 bits per heavy atom. The first kappa shape index (κ1) is 18.5. The van der Waals surface area contributed by atoms with Gasteiger partial charge in [-0.05, 0) is 36.8 Å². The Bertz CT molecular complexity index is 1080. The Balaban J connectivity index is 1.48. The first-order valence-electron chi connectivity index (χ1n) is 9.07. The predicted molar refractivity (Wildman–Crippen MR) is 105 cm³/mol. The maximum atomic E-state index is 12.3. The van der Waals surface area contributed by atoms with Gasteiger partial charge in [0.25, 0.3) is 5.89 Å². The third-order valence-corrected chi connectivity index (χ3v) is 4.31. The number of hydrogen-bond acceptors (Lipinski definition) is 7. The molecule has 1 aliphatic rings. The molecule has 0 radical (unpaired) electrons. The lowest BCUT2D eigenvalue weighted by Crippen LogP contribution is -2.38. The predicted octanol–water partition coefficient (Wildman–Crippen LogP) is 2.41. The maximum absolute atomic E-state index is 12.3. The SMILES string of the molecule is Cc1cccc(NC(=O)CN2N=C(c3nc(-c4ccncc4)no3)CCC2=O)c1. The molecule has 9 nitrogen and oxygen atoms in total. The highest BCUT2D eigenvalue weighted by Gasteiger charge is 2.26.